The van der Waals surface area contributed by atoms with Crippen LogP contribution in [0, 0.1) is 5.92 Å². The molecule has 2 unspecified atom stereocenters. The van der Waals surface area contributed by atoms with Crippen molar-refractivity contribution in [2.45, 2.75) is 39.3 Å². The zero-order valence-corrected chi connectivity index (χ0v) is 9.53. The van der Waals surface area contributed by atoms with Gasteiger partial charge in [-0.1, -0.05) is 13.8 Å². The molecule has 0 aliphatic rings. The van der Waals surface area contributed by atoms with E-state index >= 15 is 0 Å². The lowest BCUT2D eigenvalue weighted by atomic mass is 10.0. The molecule has 0 saturated heterocycles. The highest BCUT2D eigenvalue weighted by Crippen LogP contribution is 2.05. The Labute approximate surface area is 86.1 Å². The van der Waals surface area contributed by atoms with Gasteiger partial charge >= 0.3 is 0 Å². The predicted octanol–water partition coefficient (Wildman–Crippen LogP) is 0.199. The fourth-order valence-corrected chi connectivity index (χ4v) is 1.38. The topological polar surface area (TPSA) is 66.6 Å². The van der Waals surface area contributed by atoms with Crippen molar-refractivity contribution >= 4 is 5.91 Å². The van der Waals surface area contributed by atoms with Gasteiger partial charge in [-0.15, -0.1) is 0 Å². The molecule has 0 radical (unpaired) electrons. The maximum atomic E-state index is 11.6. The Balaban J connectivity index is 4.04. The standard InChI is InChI=1S/C10H22N2O2/c1-7(2)5-9(11)10(14)12(4)6-8(3)13/h7-9,13H,5-6,11H2,1-4H3. The van der Waals surface area contributed by atoms with Gasteiger partial charge in [0.05, 0.1) is 12.1 Å². The molecule has 0 fully saturated rings. The number of aliphatic hydroxyl groups is 1. The highest BCUT2D eigenvalue weighted by molar-refractivity contribution is 5.81. The molecule has 3 N–H and O–H groups in total. The molecule has 0 aromatic heterocycles. The minimum Gasteiger partial charge on any atom is -0.392 e. The number of nitrogens with zero attached hydrogens (tertiary/aromatic N) is 1. The first-order chi connectivity index (χ1) is 6.34. The van der Waals surface area contributed by atoms with Crippen molar-refractivity contribution in [3.05, 3.63) is 0 Å². The summed E-state index contributed by atoms with van der Waals surface area (Å²) in [7, 11) is 1.66. The van der Waals surface area contributed by atoms with Crippen LogP contribution in [0.1, 0.15) is 27.2 Å². The maximum absolute atomic E-state index is 11.6. The average Bonchev–Trinajstić information content (AvgIpc) is 2.00. The second-order valence-corrected chi connectivity index (χ2v) is 4.30. The molecule has 0 aromatic rings. The van der Waals surface area contributed by atoms with E-state index in [-0.39, 0.29) is 5.91 Å². The minimum absolute atomic E-state index is 0.0976. The summed E-state index contributed by atoms with van der Waals surface area (Å²) in [6.45, 7) is 6.05. The summed E-state index contributed by atoms with van der Waals surface area (Å²) in [6.07, 6.45) is 0.179. The van der Waals surface area contributed by atoms with E-state index in [0.29, 0.717) is 18.9 Å². The Morgan fingerprint density at radius 2 is 1.93 bits per heavy atom. The zero-order valence-electron chi connectivity index (χ0n) is 9.53. The van der Waals surface area contributed by atoms with Gasteiger partial charge < -0.3 is 15.7 Å². The molecule has 0 rings (SSSR count). The van der Waals surface area contributed by atoms with E-state index in [1.165, 1.54) is 4.90 Å². The minimum atomic E-state index is -0.504. The molecule has 4 nitrogen and oxygen atoms in total. The van der Waals surface area contributed by atoms with Gasteiger partial charge in [0.25, 0.3) is 0 Å². The predicted molar refractivity (Wildman–Crippen MR) is 56.7 cm³/mol. The molecule has 0 aliphatic carbocycles. The van der Waals surface area contributed by atoms with E-state index in [9.17, 15) is 4.79 Å². The molecule has 2 atom stereocenters. The molecule has 14 heavy (non-hydrogen) atoms. The van der Waals surface area contributed by atoms with Gasteiger partial charge in [-0.05, 0) is 19.3 Å². The second kappa shape index (κ2) is 5.98. The van der Waals surface area contributed by atoms with E-state index in [1.807, 2.05) is 13.8 Å². The zero-order chi connectivity index (χ0) is 11.3. The van der Waals surface area contributed by atoms with Gasteiger partial charge in [0.1, 0.15) is 0 Å². The first-order valence-corrected chi connectivity index (χ1v) is 5.03. The first kappa shape index (κ1) is 13.4. The Hall–Kier alpha value is -0.610. The van der Waals surface area contributed by atoms with Crippen LogP contribution < -0.4 is 5.73 Å². The number of amides is 1. The van der Waals surface area contributed by atoms with E-state index < -0.39 is 12.1 Å². The van der Waals surface area contributed by atoms with E-state index in [4.69, 9.17) is 10.8 Å². The summed E-state index contributed by atoms with van der Waals surface area (Å²) in [5, 5.41) is 9.10. The Bertz CT molecular complexity index is 163. The van der Waals surface area contributed by atoms with Crippen LogP contribution in [0.15, 0.2) is 0 Å². The SMILES string of the molecule is CC(C)CC(N)C(=O)N(C)CC(C)O. The maximum Gasteiger partial charge on any atom is 0.239 e. The van der Waals surface area contributed by atoms with Gasteiger partial charge in [0.2, 0.25) is 5.91 Å². The number of carbonyl (C=O) groups is 1. The third-order valence-corrected chi connectivity index (χ3v) is 1.96. The molecule has 0 aromatic carbocycles. The highest BCUT2D eigenvalue weighted by atomic mass is 16.3. The number of aliphatic hydroxyl groups excluding tert-OH is 1. The van der Waals surface area contributed by atoms with Gasteiger partial charge in [0, 0.05) is 13.6 Å². The molecule has 0 bridgehead atoms. The van der Waals surface area contributed by atoms with Crippen molar-refractivity contribution in [3.63, 3.8) is 0 Å². The van der Waals surface area contributed by atoms with Gasteiger partial charge in [-0.2, -0.15) is 0 Å². The van der Waals surface area contributed by atoms with Crippen LogP contribution in [-0.2, 0) is 4.79 Å². The summed E-state index contributed by atoms with van der Waals surface area (Å²) in [6, 6.07) is -0.446. The first-order valence-electron chi connectivity index (χ1n) is 5.03. The number of rotatable bonds is 5. The third kappa shape index (κ3) is 5.19. The third-order valence-electron chi connectivity index (χ3n) is 1.96. The average molecular weight is 202 g/mol. The van der Waals surface area contributed by atoms with E-state index in [2.05, 4.69) is 0 Å². The molecule has 0 saturated carbocycles. The van der Waals surface area contributed by atoms with Crippen LogP contribution >= 0.6 is 0 Å². The van der Waals surface area contributed by atoms with Crippen LogP contribution in [-0.4, -0.2) is 41.7 Å². The monoisotopic (exact) mass is 202 g/mol. The Morgan fingerprint density at radius 3 is 2.29 bits per heavy atom. The molecule has 0 heterocycles. The number of likely N-dealkylation sites (N-methyl/N-ethyl adjacent to an activating group) is 1. The summed E-state index contributed by atoms with van der Waals surface area (Å²) in [4.78, 5) is 13.1. The van der Waals surface area contributed by atoms with Crippen LogP contribution in [0.25, 0.3) is 0 Å². The molecule has 0 spiro atoms. The lowest BCUT2D eigenvalue weighted by molar-refractivity contribution is -0.132. The van der Waals surface area contributed by atoms with Crippen LogP contribution in [0.3, 0.4) is 0 Å². The van der Waals surface area contributed by atoms with Crippen molar-refractivity contribution in [3.8, 4) is 0 Å². The van der Waals surface area contributed by atoms with E-state index in [1.54, 1.807) is 14.0 Å². The molecule has 4 heteroatoms. The largest absolute Gasteiger partial charge is 0.392 e. The number of nitrogens with two attached hydrogens (primary N) is 1. The van der Waals surface area contributed by atoms with Gasteiger partial charge in [-0.3, -0.25) is 4.79 Å². The smallest absolute Gasteiger partial charge is 0.239 e. The summed E-state index contributed by atoms with van der Waals surface area (Å²) >= 11 is 0. The van der Waals surface area contributed by atoms with E-state index in [0.717, 1.165) is 0 Å². The quantitative estimate of drug-likeness (QED) is 0.669. The lowest BCUT2D eigenvalue weighted by Crippen LogP contribution is -2.44. The van der Waals surface area contributed by atoms with Crippen LogP contribution in [0.4, 0.5) is 0 Å². The summed E-state index contributed by atoms with van der Waals surface area (Å²) in [5.74, 6) is 0.313. The fraction of sp³-hybridized carbons (Fsp3) is 0.900. The highest BCUT2D eigenvalue weighted by Gasteiger charge is 2.19. The van der Waals surface area contributed by atoms with Crippen molar-refractivity contribution in [2.75, 3.05) is 13.6 Å². The number of carbonyl (C=O) groups excluding carboxylic acids is 1. The van der Waals surface area contributed by atoms with Gasteiger partial charge in [-0.25, -0.2) is 0 Å². The molecule has 0 aliphatic heterocycles. The van der Waals surface area contributed by atoms with Gasteiger partial charge in [0.15, 0.2) is 0 Å². The van der Waals surface area contributed by atoms with Crippen LogP contribution in [0.2, 0.25) is 0 Å². The summed E-state index contributed by atoms with van der Waals surface area (Å²) in [5.41, 5.74) is 5.72. The molecule has 1 amide bonds. The number of hydrogen-bond acceptors (Lipinski definition) is 3. The van der Waals surface area contributed by atoms with Crippen molar-refractivity contribution < 1.29 is 9.90 Å². The molecular weight excluding hydrogens is 180 g/mol. The second-order valence-electron chi connectivity index (χ2n) is 4.30. The van der Waals surface area contributed by atoms with Crippen molar-refractivity contribution in [1.82, 2.24) is 4.90 Å². The molecule has 84 valence electrons. The Morgan fingerprint density at radius 1 is 1.43 bits per heavy atom. The van der Waals surface area contributed by atoms with Crippen LogP contribution in [0.5, 0.6) is 0 Å². The number of hydrogen-bond donors (Lipinski definition) is 2. The van der Waals surface area contributed by atoms with Crippen molar-refractivity contribution in [2.24, 2.45) is 11.7 Å². The normalized spacial score (nSPS) is 15.4. The Kier molecular flexibility index (Phi) is 5.72. The summed E-state index contributed by atoms with van der Waals surface area (Å²) < 4.78 is 0. The fourth-order valence-electron chi connectivity index (χ4n) is 1.38. The molecular formula is C10H22N2O2. The lowest BCUT2D eigenvalue weighted by Gasteiger charge is -2.23. The van der Waals surface area contributed by atoms with Crippen molar-refractivity contribution in [1.29, 1.82) is 0 Å².